The molecule has 1 heterocycles. The Bertz CT molecular complexity index is 718. The Hall–Kier alpha value is -2.26. The van der Waals surface area contributed by atoms with Gasteiger partial charge in [-0.3, -0.25) is 0 Å². The van der Waals surface area contributed by atoms with Crippen molar-refractivity contribution >= 4 is 11.3 Å². The monoisotopic (exact) mass is 282 g/mol. The van der Waals surface area contributed by atoms with Crippen molar-refractivity contribution in [2.45, 2.75) is 6.92 Å². The summed E-state index contributed by atoms with van der Waals surface area (Å²) in [4.78, 5) is 0. The van der Waals surface area contributed by atoms with Crippen LogP contribution in [0.1, 0.15) is 5.56 Å². The first-order valence-electron chi connectivity index (χ1n) is 6.33. The highest BCUT2D eigenvalue weighted by Gasteiger charge is 2.07. The van der Waals surface area contributed by atoms with Gasteiger partial charge >= 0.3 is 0 Å². The number of aryl methyl sites for hydroxylation is 1. The van der Waals surface area contributed by atoms with Gasteiger partial charge in [0.15, 0.2) is 11.5 Å². The number of benzene rings is 2. The normalized spacial score (nSPS) is 10.4. The van der Waals surface area contributed by atoms with Gasteiger partial charge in [0.25, 0.3) is 0 Å². The van der Waals surface area contributed by atoms with Crippen molar-refractivity contribution < 1.29 is 9.84 Å². The van der Waals surface area contributed by atoms with Crippen LogP contribution in [0.5, 0.6) is 17.2 Å². The van der Waals surface area contributed by atoms with Crippen LogP contribution < -0.4 is 4.74 Å². The van der Waals surface area contributed by atoms with Gasteiger partial charge in [-0.2, -0.15) is 11.3 Å². The smallest absolute Gasteiger partial charge is 0.169 e. The van der Waals surface area contributed by atoms with Crippen LogP contribution in [0.3, 0.4) is 0 Å². The molecule has 3 aromatic rings. The lowest BCUT2D eigenvalue weighted by atomic mass is 10.1. The van der Waals surface area contributed by atoms with Crippen molar-refractivity contribution in [3.05, 3.63) is 64.9 Å². The fourth-order valence-corrected chi connectivity index (χ4v) is 2.70. The molecule has 2 aromatic carbocycles. The van der Waals surface area contributed by atoms with Crippen LogP contribution in [0.15, 0.2) is 59.3 Å². The molecule has 0 aliphatic carbocycles. The van der Waals surface area contributed by atoms with E-state index in [1.807, 2.05) is 25.1 Å². The second-order valence-electron chi connectivity index (χ2n) is 4.56. The number of rotatable bonds is 3. The molecule has 2 nitrogen and oxygen atoms in total. The van der Waals surface area contributed by atoms with Crippen LogP contribution in [0.2, 0.25) is 0 Å². The van der Waals surface area contributed by atoms with E-state index in [2.05, 4.69) is 22.9 Å². The van der Waals surface area contributed by atoms with Gasteiger partial charge in [-0.1, -0.05) is 18.2 Å². The first kappa shape index (κ1) is 12.8. The van der Waals surface area contributed by atoms with Crippen LogP contribution in [0.25, 0.3) is 11.1 Å². The van der Waals surface area contributed by atoms with Crippen molar-refractivity contribution in [1.29, 1.82) is 0 Å². The molecule has 0 aliphatic rings. The van der Waals surface area contributed by atoms with Crippen molar-refractivity contribution in [2.24, 2.45) is 0 Å². The van der Waals surface area contributed by atoms with E-state index in [4.69, 9.17) is 4.74 Å². The zero-order valence-electron chi connectivity index (χ0n) is 11.0. The predicted molar refractivity (Wildman–Crippen MR) is 82.7 cm³/mol. The third kappa shape index (κ3) is 2.53. The fraction of sp³-hybridized carbons (Fsp3) is 0.0588. The zero-order valence-corrected chi connectivity index (χ0v) is 11.9. The number of thiophene rings is 1. The summed E-state index contributed by atoms with van der Waals surface area (Å²) in [5, 5.41) is 13.9. The van der Waals surface area contributed by atoms with Gasteiger partial charge in [0, 0.05) is 0 Å². The Morgan fingerprint density at radius 2 is 1.80 bits per heavy atom. The van der Waals surface area contributed by atoms with Gasteiger partial charge in [-0.05, 0) is 64.7 Å². The number of para-hydroxylation sites is 2. The van der Waals surface area contributed by atoms with Gasteiger partial charge in [0.2, 0.25) is 0 Å². The molecule has 0 saturated carbocycles. The molecular formula is C17H14O2S. The third-order valence-corrected chi connectivity index (χ3v) is 3.80. The van der Waals surface area contributed by atoms with Crippen LogP contribution in [0, 0.1) is 6.92 Å². The minimum Gasteiger partial charge on any atom is -0.504 e. The van der Waals surface area contributed by atoms with E-state index in [-0.39, 0.29) is 5.75 Å². The van der Waals surface area contributed by atoms with Crippen LogP contribution in [-0.2, 0) is 0 Å². The highest BCUT2D eigenvalue weighted by Crippen LogP contribution is 2.33. The standard InChI is InChI=1S/C17H14O2S/c1-12-10-13(14-8-9-20-11-14)6-7-16(12)19-17-5-3-2-4-15(17)18/h2-11,18H,1H3. The topological polar surface area (TPSA) is 29.5 Å². The molecule has 1 N–H and O–H groups in total. The lowest BCUT2D eigenvalue weighted by molar-refractivity contribution is 0.410. The number of hydrogen-bond donors (Lipinski definition) is 1. The van der Waals surface area contributed by atoms with Crippen LogP contribution in [0.4, 0.5) is 0 Å². The lowest BCUT2D eigenvalue weighted by Gasteiger charge is -2.11. The van der Waals surface area contributed by atoms with E-state index >= 15 is 0 Å². The van der Waals surface area contributed by atoms with Crippen molar-refractivity contribution in [2.75, 3.05) is 0 Å². The SMILES string of the molecule is Cc1cc(-c2ccsc2)ccc1Oc1ccccc1O. The summed E-state index contributed by atoms with van der Waals surface area (Å²) in [6.45, 7) is 2.01. The van der Waals surface area contributed by atoms with Crippen molar-refractivity contribution in [3.63, 3.8) is 0 Å². The maximum atomic E-state index is 9.74. The maximum absolute atomic E-state index is 9.74. The number of ether oxygens (including phenoxy) is 1. The molecular weight excluding hydrogens is 268 g/mol. The second-order valence-corrected chi connectivity index (χ2v) is 5.34. The summed E-state index contributed by atoms with van der Waals surface area (Å²) < 4.78 is 5.76. The third-order valence-electron chi connectivity index (χ3n) is 3.11. The molecule has 0 fully saturated rings. The van der Waals surface area contributed by atoms with Crippen LogP contribution >= 0.6 is 11.3 Å². The first-order chi connectivity index (χ1) is 9.74. The van der Waals surface area contributed by atoms with E-state index in [9.17, 15) is 5.11 Å². The molecule has 0 radical (unpaired) electrons. The summed E-state index contributed by atoms with van der Waals surface area (Å²) >= 11 is 1.68. The summed E-state index contributed by atoms with van der Waals surface area (Å²) in [6, 6.07) is 15.1. The summed E-state index contributed by atoms with van der Waals surface area (Å²) in [5.74, 6) is 1.37. The molecule has 0 unspecified atom stereocenters. The summed E-state index contributed by atoms with van der Waals surface area (Å²) in [6.07, 6.45) is 0. The van der Waals surface area contributed by atoms with E-state index in [0.29, 0.717) is 5.75 Å². The zero-order chi connectivity index (χ0) is 13.9. The average Bonchev–Trinajstić information content (AvgIpc) is 2.97. The average molecular weight is 282 g/mol. The molecule has 0 spiro atoms. The Morgan fingerprint density at radius 3 is 2.50 bits per heavy atom. The number of phenols is 1. The van der Waals surface area contributed by atoms with Crippen molar-refractivity contribution in [3.8, 4) is 28.4 Å². The Labute approximate surface area is 121 Å². The van der Waals surface area contributed by atoms with Gasteiger partial charge in [0.1, 0.15) is 5.75 Å². The molecule has 0 atom stereocenters. The molecule has 0 saturated heterocycles. The molecule has 3 rings (SSSR count). The van der Waals surface area contributed by atoms with E-state index < -0.39 is 0 Å². The lowest BCUT2D eigenvalue weighted by Crippen LogP contribution is -1.88. The predicted octanol–water partition coefficient (Wildman–Crippen LogP) is 5.22. The molecule has 3 heteroatoms. The van der Waals surface area contributed by atoms with Gasteiger partial charge in [-0.25, -0.2) is 0 Å². The molecule has 0 bridgehead atoms. The minimum absolute atomic E-state index is 0.147. The quantitative estimate of drug-likeness (QED) is 0.713. The Morgan fingerprint density at radius 1 is 0.950 bits per heavy atom. The molecule has 1 aromatic heterocycles. The highest BCUT2D eigenvalue weighted by molar-refractivity contribution is 7.08. The summed E-state index contributed by atoms with van der Waals surface area (Å²) in [5.41, 5.74) is 3.43. The Kier molecular flexibility index (Phi) is 3.44. The molecule has 0 aliphatic heterocycles. The summed E-state index contributed by atoms with van der Waals surface area (Å²) in [7, 11) is 0. The van der Waals surface area contributed by atoms with E-state index in [0.717, 1.165) is 11.3 Å². The number of phenolic OH excluding ortho intramolecular Hbond substituents is 1. The number of aromatic hydroxyl groups is 1. The van der Waals surface area contributed by atoms with Gasteiger partial charge in [-0.15, -0.1) is 0 Å². The van der Waals surface area contributed by atoms with E-state index in [1.54, 1.807) is 29.5 Å². The first-order valence-corrected chi connectivity index (χ1v) is 7.27. The van der Waals surface area contributed by atoms with E-state index in [1.165, 1.54) is 11.1 Å². The largest absolute Gasteiger partial charge is 0.504 e. The molecule has 0 amide bonds. The van der Waals surface area contributed by atoms with Crippen LogP contribution in [-0.4, -0.2) is 5.11 Å². The Balaban J connectivity index is 1.90. The fourth-order valence-electron chi connectivity index (χ4n) is 2.03. The highest BCUT2D eigenvalue weighted by atomic mass is 32.1. The van der Waals surface area contributed by atoms with Gasteiger partial charge in [0.05, 0.1) is 0 Å². The number of hydrogen-bond acceptors (Lipinski definition) is 3. The van der Waals surface area contributed by atoms with Gasteiger partial charge < -0.3 is 9.84 Å². The minimum atomic E-state index is 0.147. The molecule has 20 heavy (non-hydrogen) atoms. The maximum Gasteiger partial charge on any atom is 0.169 e. The van der Waals surface area contributed by atoms with Crippen molar-refractivity contribution in [1.82, 2.24) is 0 Å². The second kappa shape index (κ2) is 5.39. The molecule has 100 valence electrons.